The average molecular weight is 248 g/mol. The molecule has 2 atom stereocenters. The Kier molecular flexibility index (Phi) is 3.87. The van der Waals surface area contributed by atoms with Gasteiger partial charge >= 0.3 is 0 Å². The maximum Gasteiger partial charge on any atom is 0.253 e. The summed E-state index contributed by atoms with van der Waals surface area (Å²) in [5, 5.41) is 3.03. The normalized spacial score (nSPS) is 23.7. The molecule has 1 aromatic rings. The highest BCUT2D eigenvalue weighted by molar-refractivity contribution is 5.99. The Labute approximate surface area is 108 Å². The number of hydrogen-bond donors (Lipinski definition) is 2. The SMILES string of the molecule is Cc1ccc(N)c(C(=O)NC2CCOC(C)C2)c1. The van der Waals surface area contributed by atoms with E-state index in [1.165, 1.54) is 0 Å². The number of rotatable bonds is 2. The Morgan fingerprint density at radius 3 is 3.00 bits per heavy atom. The van der Waals surface area contributed by atoms with Gasteiger partial charge in [-0.2, -0.15) is 0 Å². The molecule has 1 fully saturated rings. The molecule has 0 aromatic heterocycles. The molecule has 3 N–H and O–H groups in total. The molecule has 1 aliphatic heterocycles. The number of aryl methyl sites for hydroxylation is 1. The molecule has 0 radical (unpaired) electrons. The van der Waals surface area contributed by atoms with Crippen LogP contribution in [0, 0.1) is 6.92 Å². The molecular weight excluding hydrogens is 228 g/mol. The van der Waals surface area contributed by atoms with Crippen molar-refractivity contribution in [2.45, 2.75) is 38.8 Å². The van der Waals surface area contributed by atoms with E-state index in [1.54, 1.807) is 6.07 Å². The summed E-state index contributed by atoms with van der Waals surface area (Å²) in [6, 6.07) is 5.69. The van der Waals surface area contributed by atoms with Gasteiger partial charge in [0.2, 0.25) is 0 Å². The number of benzene rings is 1. The minimum absolute atomic E-state index is 0.0877. The largest absolute Gasteiger partial charge is 0.398 e. The fourth-order valence-electron chi connectivity index (χ4n) is 2.26. The van der Waals surface area contributed by atoms with E-state index in [9.17, 15) is 4.79 Å². The molecule has 1 amide bonds. The van der Waals surface area contributed by atoms with Crippen molar-refractivity contribution in [3.05, 3.63) is 29.3 Å². The van der Waals surface area contributed by atoms with Crippen LogP contribution in [0.5, 0.6) is 0 Å². The van der Waals surface area contributed by atoms with Crippen LogP contribution in [-0.4, -0.2) is 24.7 Å². The van der Waals surface area contributed by atoms with Crippen molar-refractivity contribution in [1.29, 1.82) is 0 Å². The molecule has 1 aromatic carbocycles. The van der Waals surface area contributed by atoms with Crippen molar-refractivity contribution in [2.75, 3.05) is 12.3 Å². The predicted octanol–water partition coefficient (Wildman–Crippen LogP) is 1.87. The molecule has 0 aliphatic carbocycles. The summed E-state index contributed by atoms with van der Waals surface area (Å²) in [6.45, 7) is 4.68. The number of carbonyl (C=O) groups excluding carboxylic acids is 1. The van der Waals surface area contributed by atoms with Crippen molar-refractivity contribution >= 4 is 11.6 Å². The number of nitrogens with one attached hydrogen (secondary N) is 1. The quantitative estimate of drug-likeness (QED) is 0.785. The first-order valence-electron chi connectivity index (χ1n) is 6.35. The summed E-state index contributed by atoms with van der Waals surface area (Å²) in [5.74, 6) is -0.0877. The van der Waals surface area contributed by atoms with E-state index in [0.717, 1.165) is 18.4 Å². The molecule has 0 saturated carbocycles. The van der Waals surface area contributed by atoms with Crippen molar-refractivity contribution in [2.24, 2.45) is 0 Å². The molecule has 1 saturated heterocycles. The standard InChI is InChI=1S/C14H20N2O2/c1-9-3-4-13(15)12(7-9)14(17)16-11-5-6-18-10(2)8-11/h3-4,7,10-11H,5-6,8,15H2,1-2H3,(H,16,17). The lowest BCUT2D eigenvalue weighted by molar-refractivity contribution is 0.0137. The zero-order chi connectivity index (χ0) is 13.1. The first kappa shape index (κ1) is 12.9. The number of hydrogen-bond acceptors (Lipinski definition) is 3. The summed E-state index contributed by atoms with van der Waals surface area (Å²) in [7, 11) is 0. The second-order valence-electron chi connectivity index (χ2n) is 4.97. The summed E-state index contributed by atoms with van der Waals surface area (Å²) in [6.07, 6.45) is 1.93. The Hall–Kier alpha value is -1.55. The van der Waals surface area contributed by atoms with Crippen molar-refractivity contribution in [3.63, 3.8) is 0 Å². The van der Waals surface area contributed by atoms with Gasteiger partial charge in [0.05, 0.1) is 11.7 Å². The molecule has 4 nitrogen and oxygen atoms in total. The van der Waals surface area contributed by atoms with E-state index in [0.29, 0.717) is 17.9 Å². The van der Waals surface area contributed by atoms with Gasteiger partial charge in [-0.25, -0.2) is 0 Å². The minimum Gasteiger partial charge on any atom is -0.398 e. The Bertz CT molecular complexity index is 445. The number of anilines is 1. The highest BCUT2D eigenvalue weighted by Crippen LogP contribution is 2.17. The number of ether oxygens (including phenoxy) is 1. The van der Waals surface area contributed by atoms with Crippen LogP contribution in [0.25, 0.3) is 0 Å². The van der Waals surface area contributed by atoms with Gasteiger partial charge in [-0.15, -0.1) is 0 Å². The van der Waals surface area contributed by atoms with E-state index < -0.39 is 0 Å². The van der Waals surface area contributed by atoms with Gasteiger partial charge in [-0.1, -0.05) is 11.6 Å². The number of amides is 1. The van der Waals surface area contributed by atoms with E-state index in [4.69, 9.17) is 10.5 Å². The van der Waals surface area contributed by atoms with Crippen LogP contribution < -0.4 is 11.1 Å². The first-order chi connectivity index (χ1) is 8.56. The fourth-order valence-corrected chi connectivity index (χ4v) is 2.26. The second-order valence-corrected chi connectivity index (χ2v) is 4.97. The summed E-state index contributed by atoms with van der Waals surface area (Å²) in [4.78, 5) is 12.2. The minimum atomic E-state index is -0.0877. The summed E-state index contributed by atoms with van der Waals surface area (Å²) < 4.78 is 5.46. The second kappa shape index (κ2) is 5.40. The first-order valence-corrected chi connectivity index (χ1v) is 6.35. The van der Waals surface area contributed by atoms with Crippen LogP contribution in [0.1, 0.15) is 35.7 Å². The zero-order valence-corrected chi connectivity index (χ0v) is 10.9. The van der Waals surface area contributed by atoms with Gasteiger partial charge in [-0.3, -0.25) is 4.79 Å². The van der Waals surface area contributed by atoms with Gasteiger partial charge in [0.25, 0.3) is 5.91 Å². The van der Waals surface area contributed by atoms with Gasteiger partial charge < -0.3 is 15.8 Å². The Morgan fingerprint density at radius 1 is 1.50 bits per heavy atom. The topological polar surface area (TPSA) is 64.4 Å². The van der Waals surface area contributed by atoms with Crippen molar-refractivity contribution in [3.8, 4) is 0 Å². The van der Waals surface area contributed by atoms with Gasteiger partial charge in [0, 0.05) is 18.3 Å². The lowest BCUT2D eigenvalue weighted by Gasteiger charge is -2.28. The highest BCUT2D eigenvalue weighted by atomic mass is 16.5. The molecule has 18 heavy (non-hydrogen) atoms. The number of carbonyl (C=O) groups is 1. The lowest BCUT2D eigenvalue weighted by atomic mass is 10.0. The van der Waals surface area contributed by atoms with Crippen LogP contribution in [0.4, 0.5) is 5.69 Å². The third kappa shape index (κ3) is 3.01. The van der Waals surface area contributed by atoms with Gasteiger partial charge in [-0.05, 0) is 38.8 Å². The maximum absolute atomic E-state index is 12.2. The van der Waals surface area contributed by atoms with E-state index in [2.05, 4.69) is 5.32 Å². The van der Waals surface area contributed by atoms with E-state index in [1.807, 2.05) is 26.0 Å². The van der Waals surface area contributed by atoms with Gasteiger partial charge in [0.1, 0.15) is 0 Å². The molecule has 98 valence electrons. The van der Waals surface area contributed by atoms with Crippen LogP contribution in [0.3, 0.4) is 0 Å². The third-order valence-electron chi connectivity index (χ3n) is 3.27. The number of nitrogens with two attached hydrogens (primary N) is 1. The lowest BCUT2D eigenvalue weighted by Crippen LogP contribution is -2.41. The van der Waals surface area contributed by atoms with Crippen LogP contribution in [-0.2, 0) is 4.74 Å². The molecule has 0 spiro atoms. The predicted molar refractivity (Wildman–Crippen MR) is 71.5 cm³/mol. The fraction of sp³-hybridized carbons (Fsp3) is 0.500. The number of nitrogen functional groups attached to an aromatic ring is 1. The third-order valence-corrected chi connectivity index (χ3v) is 3.27. The highest BCUT2D eigenvalue weighted by Gasteiger charge is 2.22. The Balaban J connectivity index is 2.05. The van der Waals surface area contributed by atoms with Crippen LogP contribution in [0.15, 0.2) is 18.2 Å². The molecule has 4 heteroatoms. The zero-order valence-electron chi connectivity index (χ0n) is 10.9. The molecule has 1 heterocycles. The molecule has 2 rings (SSSR count). The van der Waals surface area contributed by atoms with Crippen molar-refractivity contribution in [1.82, 2.24) is 5.32 Å². The van der Waals surface area contributed by atoms with Crippen LogP contribution >= 0.6 is 0 Å². The Morgan fingerprint density at radius 2 is 2.28 bits per heavy atom. The van der Waals surface area contributed by atoms with Gasteiger partial charge in [0.15, 0.2) is 0 Å². The van der Waals surface area contributed by atoms with E-state index >= 15 is 0 Å². The molecular formula is C14H20N2O2. The molecule has 0 bridgehead atoms. The molecule has 2 unspecified atom stereocenters. The smallest absolute Gasteiger partial charge is 0.253 e. The monoisotopic (exact) mass is 248 g/mol. The average Bonchev–Trinajstić information content (AvgIpc) is 2.32. The summed E-state index contributed by atoms with van der Waals surface area (Å²) >= 11 is 0. The van der Waals surface area contributed by atoms with Crippen LogP contribution in [0.2, 0.25) is 0 Å². The molecule has 1 aliphatic rings. The summed E-state index contributed by atoms with van der Waals surface area (Å²) in [5.41, 5.74) is 7.96. The van der Waals surface area contributed by atoms with Crippen molar-refractivity contribution < 1.29 is 9.53 Å². The van der Waals surface area contributed by atoms with E-state index in [-0.39, 0.29) is 18.1 Å². The maximum atomic E-state index is 12.2.